The van der Waals surface area contributed by atoms with Crippen LogP contribution in [0.2, 0.25) is 0 Å². The average Bonchev–Trinajstić information content (AvgIpc) is 3.11. The van der Waals surface area contributed by atoms with Crippen LogP contribution in [0.1, 0.15) is 36.8 Å². The first kappa shape index (κ1) is 17.2. The molecule has 2 aliphatic carbocycles. The molecule has 0 radical (unpaired) electrons. The van der Waals surface area contributed by atoms with Gasteiger partial charge in [0.1, 0.15) is 6.61 Å². The monoisotopic (exact) mass is 394 g/mol. The number of tetrazole rings is 1. The van der Waals surface area contributed by atoms with Gasteiger partial charge in [0.05, 0.1) is 12.1 Å². The fraction of sp³-hybridized carbons (Fsp3) is 0.619. The molecule has 2 aliphatic heterocycles. The normalized spacial score (nSPS) is 35.1. The van der Waals surface area contributed by atoms with Gasteiger partial charge in [-0.2, -0.15) is 0 Å². The number of nitrogens with zero attached hydrogens (tertiary/aromatic N) is 5. The molecule has 3 fully saturated rings. The summed E-state index contributed by atoms with van der Waals surface area (Å²) in [6, 6.07) is 8.84. The van der Waals surface area contributed by atoms with Gasteiger partial charge >= 0.3 is 6.09 Å². The van der Waals surface area contributed by atoms with Crippen LogP contribution in [0, 0.1) is 17.8 Å². The summed E-state index contributed by atoms with van der Waals surface area (Å²) in [4.78, 5) is 13.9. The standard InChI is InChI=1S/C21H26N6O2/c1-21(12-29-20(28)22-21)14-6-4-8-26(10-14)19-23-24-25-27(19)11-17-16-9-13-5-2-3-7-15(13)18(16)17/h2-3,5,7,14,16-18H,4,6,8-12H2,1H3,(H,22,28). The molecule has 1 aromatic carbocycles. The number of ether oxygens (including phenoxy) is 1. The molecule has 0 spiro atoms. The summed E-state index contributed by atoms with van der Waals surface area (Å²) in [5, 5.41) is 15.7. The van der Waals surface area contributed by atoms with Crippen LogP contribution in [0.3, 0.4) is 0 Å². The number of rotatable bonds is 4. The Hall–Kier alpha value is -2.64. The van der Waals surface area contributed by atoms with Crippen LogP contribution >= 0.6 is 0 Å². The van der Waals surface area contributed by atoms with Gasteiger partial charge in [0.2, 0.25) is 5.95 Å². The third-order valence-electron chi connectivity index (χ3n) is 7.59. The van der Waals surface area contributed by atoms with Crippen LogP contribution < -0.4 is 10.2 Å². The van der Waals surface area contributed by atoms with E-state index in [1.807, 2.05) is 4.68 Å². The van der Waals surface area contributed by atoms with E-state index in [1.54, 1.807) is 0 Å². The summed E-state index contributed by atoms with van der Waals surface area (Å²) >= 11 is 0. The van der Waals surface area contributed by atoms with Crippen molar-refractivity contribution in [1.82, 2.24) is 25.5 Å². The molecule has 1 saturated carbocycles. The zero-order valence-corrected chi connectivity index (χ0v) is 16.6. The van der Waals surface area contributed by atoms with Gasteiger partial charge in [-0.05, 0) is 65.5 Å². The van der Waals surface area contributed by atoms with Crippen molar-refractivity contribution < 1.29 is 9.53 Å². The number of anilines is 1. The van der Waals surface area contributed by atoms with E-state index in [0.29, 0.717) is 24.4 Å². The van der Waals surface area contributed by atoms with E-state index in [-0.39, 0.29) is 11.6 Å². The second-order valence-electron chi connectivity index (χ2n) is 9.32. The maximum atomic E-state index is 11.6. The van der Waals surface area contributed by atoms with E-state index in [4.69, 9.17) is 4.74 Å². The van der Waals surface area contributed by atoms with Gasteiger partial charge in [0.15, 0.2) is 0 Å². The SMILES string of the molecule is CC1(C2CCCN(c3nnnn3CC3C4Cc5ccccc5C43)C2)COC(=O)N1. The van der Waals surface area contributed by atoms with Crippen molar-refractivity contribution in [2.24, 2.45) is 17.8 Å². The maximum absolute atomic E-state index is 11.6. The Balaban J connectivity index is 1.17. The topological polar surface area (TPSA) is 85.2 Å². The molecule has 8 heteroatoms. The molecular weight excluding hydrogens is 368 g/mol. The Bertz CT molecular complexity index is 960. The molecular formula is C21H26N6O2. The minimum Gasteiger partial charge on any atom is -0.447 e. The zero-order valence-electron chi connectivity index (χ0n) is 16.6. The van der Waals surface area contributed by atoms with Crippen LogP contribution in [0.5, 0.6) is 0 Å². The second-order valence-corrected chi connectivity index (χ2v) is 9.32. The first-order valence-corrected chi connectivity index (χ1v) is 10.7. The van der Waals surface area contributed by atoms with Gasteiger partial charge in [0, 0.05) is 19.0 Å². The Morgan fingerprint density at radius 3 is 3.10 bits per heavy atom. The van der Waals surface area contributed by atoms with Crippen molar-refractivity contribution in [2.75, 3.05) is 24.6 Å². The molecule has 1 N–H and O–H groups in total. The van der Waals surface area contributed by atoms with Crippen molar-refractivity contribution in [3.63, 3.8) is 0 Å². The first-order chi connectivity index (χ1) is 14.1. The number of fused-ring (bicyclic) bond motifs is 3. The van der Waals surface area contributed by atoms with E-state index < -0.39 is 0 Å². The van der Waals surface area contributed by atoms with Crippen LogP contribution in [0.4, 0.5) is 10.7 Å². The second kappa shape index (κ2) is 6.18. The van der Waals surface area contributed by atoms with Crippen molar-refractivity contribution in [3.05, 3.63) is 35.4 Å². The van der Waals surface area contributed by atoms with E-state index in [2.05, 4.69) is 56.9 Å². The van der Waals surface area contributed by atoms with Gasteiger partial charge in [0.25, 0.3) is 0 Å². The summed E-state index contributed by atoms with van der Waals surface area (Å²) in [5.41, 5.74) is 2.73. The van der Waals surface area contributed by atoms with Crippen LogP contribution in [0.15, 0.2) is 24.3 Å². The number of amides is 1. The number of aromatic nitrogens is 4. The molecule has 2 saturated heterocycles. The van der Waals surface area contributed by atoms with Crippen LogP contribution in [-0.2, 0) is 17.7 Å². The lowest BCUT2D eigenvalue weighted by molar-refractivity contribution is 0.159. The number of piperidine rings is 1. The third-order valence-corrected chi connectivity index (χ3v) is 7.59. The fourth-order valence-electron chi connectivity index (χ4n) is 5.90. The van der Waals surface area contributed by atoms with Crippen molar-refractivity contribution in [1.29, 1.82) is 0 Å². The number of cyclic esters (lactones) is 1. The highest BCUT2D eigenvalue weighted by molar-refractivity contribution is 5.70. The minimum absolute atomic E-state index is 0.310. The first-order valence-electron chi connectivity index (χ1n) is 10.7. The van der Waals surface area contributed by atoms with Crippen LogP contribution in [-0.4, -0.2) is 51.5 Å². The highest BCUT2D eigenvalue weighted by Gasteiger charge is 2.55. The molecule has 29 heavy (non-hydrogen) atoms. The lowest BCUT2D eigenvalue weighted by atomic mass is 9.81. The summed E-state index contributed by atoms with van der Waals surface area (Å²) in [7, 11) is 0. The van der Waals surface area contributed by atoms with Gasteiger partial charge < -0.3 is 15.0 Å². The van der Waals surface area contributed by atoms with E-state index in [9.17, 15) is 4.79 Å². The molecule has 8 nitrogen and oxygen atoms in total. The van der Waals surface area contributed by atoms with E-state index in [1.165, 1.54) is 17.5 Å². The predicted molar refractivity (Wildman–Crippen MR) is 106 cm³/mol. The molecule has 152 valence electrons. The Labute approximate surface area is 169 Å². The van der Waals surface area contributed by atoms with Crippen molar-refractivity contribution >= 4 is 12.0 Å². The van der Waals surface area contributed by atoms with Gasteiger partial charge in [-0.1, -0.05) is 29.4 Å². The summed E-state index contributed by atoms with van der Waals surface area (Å²) in [5.74, 6) is 3.22. The molecule has 2 aromatic rings. The Morgan fingerprint density at radius 2 is 2.24 bits per heavy atom. The molecule has 5 atom stereocenters. The average molecular weight is 394 g/mol. The van der Waals surface area contributed by atoms with Crippen molar-refractivity contribution in [2.45, 2.75) is 44.2 Å². The smallest absolute Gasteiger partial charge is 0.407 e. The van der Waals surface area contributed by atoms with Crippen LogP contribution in [0.25, 0.3) is 0 Å². The number of hydrogen-bond donors (Lipinski definition) is 1. The van der Waals surface area contributed by atoms with E-state index >= 15 is 0 Å². The molecule has 1 amide bonds. The summed E-state index contributed by atoms with van der Waals surface area (Å²) < 4.78 is 7.19. The fourth-order valence-corrected chi connectivity index (χ4v) is 5.90. The van der Waals surface area contributed by atoms with Gasteiger partial charge in [-0.3, -0.25) is 0 Å². The Kier molecular flexibility index (Phi) is 3.67. The lowest BCUT2D eigenvalue weighted by Gasteiger charge is -2.40. The maximum Gasteiger partial charge on any atom is 0.407 e. The zero-order chi connectivity index (χ0) is 19.6. The Morgan fingerprint density at radius 1 is 1.34 bits per heavy atom. The largest absolute Gasteiger partial charge is 0.447 e. The number of alkyl carbamates (subject to hydrolysis) is 1. The number of nitrogens with one attached hydrogen (secondary N) is 1. The summed E-state index contributed by atoms with van der Waals surface area (Å²) in [6.45, 7) is 5.17. The predicted octanol–water partition coefficient (Wildman–Crippen LogP) is 1.97. The number of hydrogen-bond acceptors (Lipinski definition) is 6. The summed E-state index contributed by atoms with van der Waals surface area (Å²) in [6.07, 6.45) is 3.01. The number of benzene rings is 1. The molecule has 0 bridgehead atoms. The third kappa shape index (κ3) is 2.72. The molecule has 3 heterocycles. The molecule has 4 aliphatic rings. The number of carbonyl (C=O) groups excluding carboxylic acids is 1. The lowest BCUT2D eigenvalue weighted by Crippen LogP contribution is -2.54. The number of carbonyl (C=O) groups is 1. The van der Waals surface area contributed by atoms with Crippen molar-refractivity contribution in [3.8, 4) is 0 Å². The highest BCUT2D eigenvalue weighted by atomic mass is 16.6. The molecule has 6 rings (SSSR count). The van der Waals surface area contributed by atoms with E-state index in [0.717, 1.165) is 44.3 Å². The quantitative estimate of drug-likeness (QED) is 0.854. The minimum atomic E-state index is -0.314. The van der Waals surface area contributed by atoms with Gasteiger partial charge in [-0.15, -0.1) is 0 Å². The van der Waals surface area contributed by atoms with Gasteiger partial charge in [-0.25, -0.2) is 9.48 Å². The molecule has 1 aromatic heterocycles. The molecule has 5 unspecified atom stereocenters. The highest BCUT2D eigenvalue weighted by Crippen LogP contribution is 2.61.